The van der Waals surface area contributed by atoms with Crippen LogP contribution in [0.25, 0.3) is 0 Å². The second-order valence-corrected chi connectivity index (χ2v) is 7.27. The van der Waals surface area contributed by atoms with Gasteiger partial charge in [0.25, 0.3) is 5.90 Å². The van der Waals surface area contributed by atoms with Crippen LogP contribution in [0.3, 0.4) is 0 Å². The molecule has 20 heavy (non-hydrogen) atoms. The lowest BCUT2D eigenvalue weighted by Crippen LogP contribution is -2.23. The van der Waals surface area contributed by atoms with Crippen molar-refractivity contribution in [3.05, 3.63) is 35.6 Å². The molecule has 1 N–H and O–H groups in total. The normalized spacial score (nSPS) is 15.6. The minimum absolute atomic E-state index is 0.0319. The third-order valence-electron chi connectivity index (χ3n) is 3.12. The maximum Gasteiger partial charge on any atom is 0.383 e. The Kier molecular flexibility index (Phi) is 5.31. The highest BCUT2D eigenvalue weighted by atomic mass is 31.2. The van der Waals surface area contributed by atoms with Crippen molar-refractivity contribution in [3.8, 4) is 0 Å². The molecule has 0 saturated heterocycles. The maximum atomic E-state index is 13.7. The lowest BCUT2D eigenvalue weighted by molar-refractivity contribution is 0.203. The summed E-state index contributed by atoms with van der Waals surface area (Å²) >= 11 is 0. The lowest BCUT2D eigenvalue weighted by Gasteiger charge is -2.28. The van der Waals surface area contributed by atoms with Crippen molar-refractivity contribution in [3.63, 3.8) is 0 Å². The lowest BCUT2D eigenvalue weighted by atomic mass is 10.1. The summed E-state index contributed by atoms with van der Waals surface area (Å²) in [6.45, 7) is 4.96. The van der Waals surface area contributed by atoms with Gasteiger partial charge in [0.05, 0.1) is 10.7 Å². The molecule has 0 aliphatic rings. The standard InChI is InChI=1S/C13H19FNO4P/c1-5-13(2,3)20(16,17)19-12(15-18-4)10-8-6-7-9-11(10)14/h6-9H,5H2,1-4H3,(H,16,17). The number of rotatable bonds is 5. The van der Waals surface area contributed by atoms with Gasteiger partial charge in [-0.15, -0.1) is 0 Å². The molecule has 1 rings (SSSR count). The van der Waals surface area contributed by atoms with Gasteiger partial charge in [-0.2, -0.15) is 0 Å². The Morgan fingerprint density at radius 3 is 2.55 bits per heavy atom. The van der Waals surface area contributed by atoms with Gasteiger partial charge in [0.15, 0.2) is 0 Å². The van der Waals surface area contributed by atoms with Crippen LogP contribution >= 0.6 is 7.60 Å². The first-order valence-electron chi connectivity index (χ1n) is 6.13. The Labute approximate surface area is 117 Å². The van der Waals surface area contributed by atoms with Crippen molar-refractivity contribution in [2.45, 2.75) is 32.3 Å². The second kappa shape index (κ2) is 6.37. The van der Waals surface area contributed by atoms with Crippen molar-refractivity contribution in [2.75, 3.05) is 7.11 Å². The van der Waals surface area contributed by atoms with E-state index in [-0.39, 0.29) is 11.5 Å². The van der Waals surface area contributed by atoms with Gasteiger partial charge in [-0.1, -0.05) is 19.1 Å². The Hall–Kier alpha value is -1.39. The van der Waals surface area contributed by atoms with Crippen LogP contribution in [-0.4, -0.2) is 23.1 Å². The molecule has 1 aromatic rings. The first-order valence-corrected chi connectivity index (χ1v) is 7.71. The summed E-state index contributed by atoms with van der Waals surface area (Å²) in [7, 11) is -2.80. The Balaban J connectivity index is 3.17. The molecule has 1 aromatic carbocycles. The van der Waals surface area contributed by atoms with Crippen LogP contribution in [0.4, 0.5) is 4.39 Å². The van der Waals surface area contributed by atoms with Crippen LogP contribution in [-0.2, 0) is 13.9 Å². The third-order valence-corrected chi connectivity index (χ3v) is 5.39. The molecule has 0 bridgehead atoms. The van der Waals surface area contributed by atoms with E-state index in [2.05, 4.69) is 9.99 Å². The summed E-state index contributed by atoms with van der Waals surface area (Å²) in [6, 6.07) is 5.67. The Morgan fingerprint density at radius 1 is 1.45 bits per heavy atom. The quantitative estimate of drug-likeness (QED) is 0.391. The molecule has 0 amide bonds. The van der Waals surface area contributed by atoms with E-state index in [4.69, 9.17) is 4.52 Å². The first-order chi connectivity index (χ1) is 9.25. The predicted octanol–water partition coefficient (Wildman–Crippen LogP) is 3.52. The molecule has 0 aromatic heterocycles. The van der Waals surface area contributed by atoms with E-state index in [1.807, 2.05) is 0 Å². The molecular formula is C13H19FNO4P. The minimum Gasteiger partial charge on any atom is -0.402 e. The van der Waals surface area contributed by atoms with E-state index >= 15 is 0 Å². The van der Waals surface area contributed by atoms with Gasteiger partial charge in [-0.3, -0.25) is 0 Å². The molecule has 0 spiro atoms. The molecule has 0 radical (unpaired) electrons. The monoisotopic (exact) mass is 303 g/mol. The molecule has 0 heterocycles. The summed E-state index contributed by atoms with van der Waals surface area (Å²) in [4.78, 5) is 14.6. The van der Waals surface area contributed by atoms with Crippen LogP contribution < -0.4 is 0 Å². The number of hydrogen-bond donors (Lipinski definition) is 1. The average Bonchev–Trinajstić information content (AvgIpc) is 2.38. The van der Waals surface area contributed by atoms with Gasteiger partial charge in [-0.25, -0.2) is 8.96 Å². The van der Waals surface area contributed by atoms with Gasteiger partial charge in [0, 0.05) is 0 Å². The van der Waals surface area contributed by atoms with Crippen molar-refractivity contribution < 1.29 is 23.2 Å². The highest BCUT2D eigenvalue weighted by Gasteiger charge is 2.42. The Bertz CT molecular complexity index is 545. The van der Waals surface area contributed by atoms with Gasteiger partial charge in [-0.05, 0) is 37.6 Å². The van der Waals surface area contributed by atoms with Crippen molar-refractivity contribution in [2.24, 2.45) is 5.16 Å². The van der Waals surface area contributed by atoms with E-state index in [0.717, 1.165) is 0 Å². The number of oxime groups is 1. The van der Waals surface area contributed by atoms with Crippen LogP contribution in [0.5, 0.6) is 0 Å². The van der Waals surface area contributed by atoms with Gasteiger partial charge in [0.2, 0.25) is 0 Å². The SMILES string of the molecule is CCC(C)(C)P(=O)(O)OC(=NOC)c1ccccc1F. The summed E-state index contributed by atoms with van der Waals surface area (Å²) < 4.78 is 31.1. The molecule has 112 valence electrons. The molecule has 5 nitrogen and oxygen atoms in total. The predicted molar refractivity (Wildman–Crippen MR) is 75.2 cm³/mol. The zero-order valence-electron chi connectivity index (χ0n) is 12.0. The highest BCUT2D eigenvalue weighted by Crippen LogP contribution is 2.57. The van der Waals surface area contributed by atoms with Crippen LogP contribution in [0.1, 0.15) is 32.8 Å². The van der Waals surface area contributed by atoms with Crippen LogP contribution in [0, 0.1) is 5.82 Å². The van der Waals surface area contributed by atoms with Crippen LogP contribution in [0.15, 0.2) is 29.4 Å². The van der Waals surface area contributed by atoms with E-state index in [9.17, 15) is 13.8 Å². The van der Waals surface area contributed by atoms with Crippen molar-refractivity contribution >= 4 is 13.5 Å². The van der Waals surface area contributed by atoms with E-state index < -0.39 is 18.6 Å². The average molecular weight is 303 g/mol. The number of hydrogen-bond acceptors (Lipinski definition) is 4. The molecule has 0 aliphatic carbocycles. The molecule has 1 atom stereocenters. The largest absolute Gasteiger partial charge is 0.402 e. The minimum atomic E-state index is -4.04. The number of halogens is 1. The second-order valence-electron chi connectivity index (χ2n) is 4.84. The van der Waals surface area contributed by atoms with Crippen molar-refractivity contribution in [1.82, 2.24) is 0 Å². The van der Waals surface area contributed by atoms with E-state index in [1.54, 1.807) is 26.8 Å². The molecule has 7 heteroatoms. The van der Waals surface area contributed by atoms with Crippen LogP contribution in [0.2, 0.25) is 0 Å². The fraction of sp³-hybridized carbons (Fsp3) is 0.462. The van der Waals surface area contributed by atoms with Gasteiger partial charge >= 0.3 is 7.60 Å². The number of benzene rings is 1. The van der Waals surface area contributed by atoms with Gasteiger partial charge in [0.1, 0.15) is 12.9 Å². The highest BCUT2D eigenvalue weighted by molar-refractivity contribution is 7.55. The smallest absolute Gasteiger partial charge is 0.383 e. The zero-order valence-corrected chi connectivity index (χ0v) is 12.9. The summed E-state index contributed by atoms with van der Waals surface area (Å²) in [5.41, 5.74) is -0.0319. The maximum absolute atomic E-state index is 13.7. The summed E-state index contributed by atoms with van der Waals surface area (Å²) in [5.74, 6) is -0.962. The Morgan fingerprint density at radius 2 is 2.05 bits per heavy atom. The van der Waals surface area contributed by atoms with E-state index in [0.29, 0.717) is 6.42 Å². The molecule has 0 fully saturated rings. The van der Waals surface area contributed by atoms with Gasteiger partial charge < -0.3 is 14.3 Å². The fourth-order valence-electron chi connectivity index (χ4n) is 1.27. The molecule has 1 unspecified atom stereocenters. The fourth-order valence-corrected chi connectivity index (χ4v) is 2.29. The first kappa shape index (κ1) is 16.7. The molecule has 0 saturated carbocycles. The summed E-state index contributed by atoms with van der Waals surface area (Å²) in [6.07, 6.45) is 0.415. The third kappa shape index (κ3) is 3.58. The molecule has 0 aliphatic heterocycles. The summed E-state index contributed by atoms with van der Waals surface area (Å²) in [5, 5.41) is 2.53. The van der Waals surface area contributed by atoms with Crippen molar-refractivity contribution in [1.29, 1.82) is 0 Å². The molecular weight excluding hydrogens is 284 g/mol. The van der Waals surface area contributed by atoms with E-state index in [1.165, 1.54) is 25.3 Å². The zero-order chi connectivity index (χ0) is 15.4. The number of nitrogens with zero attached hydrogens (tertiary/aromatic N) is 1. The topological polar surface area (TPSA) is 68.1 Å².